The van der Waals surface area contributed by atoms with Crippen LogP contribution >= 0.6 is 0 Å². The maximum atomic E-state index is 11.1. The molecule has 128 valence electrons. The lowest BCUT2D eigenvalue weighted by molar-refractivity contribution is -0.143. The molecule has 0 heterocycles. The van der Waals surface area contributed by atoms with Crippen LogP contribution in [0.4, 0.5) is 0 Å². The summed E-state index contributed by atoms with van der Waals surface area (Å²) in [7, 11) is 0. The molecule has 0 aliphatic heterocycles. The molecule has 0 spiro atoms. The van der Waals surface area contributed by atoms with Crippen molar-refractivity contribution >= 4 is 5.97 Å². The minimum atomic E-state index is -0.0480. The number of carbonyl (C=O) groups excluding carboxylic acids is 1. The van der Waals surface area contributed by atoms with Crippen LogP contribution in [0, 0.1) is 0 Å². The maximum absolute atomic E-state index is 11.1. The Labute approximate surface area is 138 Å². The van der Waals surface area contributed by atoms with Crippen LogP contribution in [0.2, 0.25) is 0 Å². The third-order valence-corrected chi connectivity index (χ3v) is 3.64. The van der Waals surface area contributed by atoms with Crippen LogP contribution in [0.25, 0.3) is 0 Å². The van der Waals surface area contributed by atoms with Gasteiger partial charge in [-0.1, -0.05) is 63.3 Å². The van der Waals surface area contributed by atoms with Gasteiger partial charge < -0.3 is 4.74 Å². The molecule has 0 saturated carbocycles. The summed E-state index contributed by atoms with van der Waals surface area (Å²) in [5.41, 5.74) is 0. The zero-order valence-corrected chi connectivity index (χ0v) is 14.8. The van der Waals surface area contributed by atoms with E-state index < -0.39 is 0 Å². The van der Waals surface area contributed by atoms with Gasteiger partial charge in [0.15, 0.2) is 0 Å². The number of ether oxygens (including phenoxy) is 1. The first-order valence-corrected chi connectivity index (χ1v) is 9.26. The number of hydrogen-bond donors (Lipinski definition) is 0. The normalized spacial score (nSPS) is 11.5. The largest absolute Gasteiger partial charge is 0.466 e. The molecule has 0 unspecified atom stereocenters. The van der Waals surface area contributed by atoms with E-state index in [9.17, 15) is 4.79 Å². The predicted octanol–water partition coefficient (Wildman–Crippen LogP) is 6.36. The number of hydrogen-bond acceptors (Lipinski definition) is 2. The average molecular weight is 309 g/mol. The van der Waals surface area contributed by atoms with Crippen molar-refractivity contribution < 1.29 is 9.53 Å². The molecule has 0 aromatic rings. The Hall–Kier alpha value is -1.05. The van der Waals surface area contributed by atoms with Gasteiger partial charge in [0, 0.05) is 6.42 Å². The number of esters is 1. The van der Waals surface area contributed by atoms with E-state index in [0.717, 1.165) is 19.3 Å². The van der Waals surface area contributed by atoms with E-state index in [-0.39, 0.29) is 5.97 Å². The van der Waals surface area contributed by atoms with Gasteiger partial charge >= 0.3 is 5.97 Å². The molecule has 0 fully saturated rings. The predicted molar refractivity (Wildman–Crippen MR) is 96.0 cm³/mol. The molecule has 0 aliphatic carbocycles. The zero-order chi connectivity index (χ0) is 16.3. The lowest BCUT2D eigenvalue weighted by Gasteiger charge is -2.01. The quantitative estimate of drug-likeness (QED) is 0.152. The highest BCUT2D eigenvalue weighted by atomic mass is 16.5. The third kappa shape index (κ3) is 17.0. The lowest BCUT2D eigenvalue weighted by atomic mass is 10.1. The average Bonchev–Trinajstić information content (AvgIpc) is 2.51. The molecule has 2 heteroatoms. The van der Waals surface area contributed by atoms with Crippen molar-refractivity contribution in [2.45, 2.75) is 90.9 Å². The first-order chi connectivity index (χ1) is 10.8. The Morgan fingerprint density at radius 1 is 0.773 bits per heavy atom. The summed E-state index contributed by atoms with van der Waals surface area (Å²) >= 11 is 0. The summed E-state index contributed by atoms with van der Waals surface area (Å²) in [6, 6.07) is 0. The standard InChI is InChI=1S/C20H36O2/c1-3-5-6-7-8-9-10-11-12-13-14-15-16-17-18-19-20(21)22-4-2/h8-9,11-12H,3-7,10,13-19H2,1-2H3/b9-8-,12-11-/i10+1. The monoisotopic (exact) mass is 309 g/mol. The Morgan fingerprint density at radius 2 is 1.36 bits per heavy atom. The number of allylic oxidation sites excluding steroid dienone is 4. The summed E-state index contributed by atoms with van der Waals surface area (Å²) in [6.45, 7) is 4.60. The molecular formula is C20H36O2. The summed E-state index contributed by atoms with van der Waals surface area (Å²) in [5.74, 6) is -0.0480. The van der Waals surface area contributed by atoms with E-state index in [2.05, 4.69) is 31.2 Å². The summed E-state index contributed by atoms with van der Waals surface area (Å²) < 4.78 is 4.91. The highest BCUT2D eigenvalue weighted by Crippen LogP contribution is 2.08. The molecule has 0 aromatic heterocycles. The van der Waals surface area contributed by atoms with Gasteiger partial charge in [0.05, 0.1) is 6.61 Å². The Balaban J connectivity index is 3.22. The van der Waals surface area contributed by atoms with Crippen molar-refractivity contribution in [1.29, 1.82) is 0 Å². The van der Waals surface area contributed by atoms with Crippen molar-refractivity contribution in [1.82, 2.24) is 0 Å². The van der Waals surface area contributed by atoms with Crippen LogP contribution < -0.4 is 0 Å². The van der Waals surface area contributed by atoms with Gasteiger partial charge in [0.1, 0.15) is 0 Å². The molecule has 0 aromatic carbocycles. The van der Waals surface area contributed by atoms with Gasteiger partial charge in [-0.2, -0.15) is 0 Å². The van der Waals surface area contributed by atoms with Gasteiger partial charge in [0.25, 0.3) is 0 Å². The lowest BCUT2D eigenvalue weighted by Crippen LogP contribution is -2.03. The molecule has 0 saturated heterocycles. The maximum Gasteiger partial charge on any atom is 0.305 e. The number of rotatable bonds is 15. The Kier molecular flexibility index (Phi) is 17.1. The van der Waals surface area contributed by atoms with E-state index in [4.69, 9.17) is 4.74 Å². The molecule has 0 atom stereocenters. The highest BCUT2D eigenvalue weighted by molar-refractivity contribution is 5.69. The second-order valence-electron chi connectivity index (χ2n) is 5.79. The molecule has 0 bridgehead atoms. The molecule has 2 nitrogen and oxygen atoms in total. The van der Waals surface area contributed by atoms with Gasteiger partial charge in [-0.3, -0.25) is 4.79 Å². The smallest absolute Gasteiger partial charge is 0.305 e. The fourth-order valence-electron chi connectivity index (χ4n) is 2.31. The highest BCUT2D eigenvalue weighted by Gasteiger charge is 2.00. The molecule has 0 N–H and O–H groups in total. The molecule has 0 radical (unpaired) electrons. The second-order valence-corrected chi connectivity index (χ2v) is 5.79. The number of carbonyl (C=O) groups is 1. The minimum absolute atomic E-state index is 0.0480. The van der Waals surface area contributed by atoms with E-state index in [1.807, 2.05) is 6.92 Å². The molecule has 22 heavy (non-hydrogen) atoms. The minimum Gasteiger partial charge on any atom is -0.466 e. The molecule has 0 rings (SSSR count). The first-order valence-electron chi connectivity index (χ1n) is 9.26. The molecular weight excluding hydrogens is 273 g/mol. The fourth-order valence-corrected chi connectivity index (χ4v) is 2.31. The van der Waals surface area contributed by atoms with Gasteiger partial charge in [0.2, 0.25) is 0 Å². The Bertz CT molecular complexity index is 292. The number of unbranched alkanes of at least 4 members (excludes halogenated alkanes) is 8. The SMILES string of the molecule is CCCCC/C=C\[13CH2]/C=C\CCCCCCCC(=O)OCC. The van der Waals surface area contributed by atoms with Crippen LogP contribution in [-0.2, 0) is 9.53 Å². The van der Waals surface area contributed by atoms with Crippen LogP contribution in [0.3, 0.4) is 0 Å². The summed E-state index contributed by atoms with van der Waals surface area (Å²) in [5, 5.41) is 0. The fraction of sp³-hybridized carbons (Fsp3) is 0.750. The summed E-state index contributed by atoms with van der Waals surface area (Å²) in [4.78, 5) is 11.1. The molecule has 0 aliphatic rings. The third-order valence-electron chi connectivity index (χ3n) is 3.64. The van der Waals surface area contributed by atoms with Crippen LogP contribution in [0.1, 0.15) is 90.9 Å². The van der Waals surface area contributed by atoms with E-state index >= 15 is 0 Å². The van der Waals surface area contributed by atoms with Crippen molar-refractivity contribution in [3.63, 3.8) is 0 Å². The zero-order valence-electron chi connectivity index (χ0n) is 14.8. The molecule has 0 amide bonds. The first kappa shape index (κ1) is 20.9. The van der Waals surface area contributed by atoms with Gasteiger partial charge in [-0.05, 0) is 45.4 Å². The second kappa shape index (κ2) is 18.0. The van der Waals surface area contributed by atoms with Crippen LogP contribution in [0.5, 0.6) is 0 Å². The van der Waals surface area contributed by atoms with E-state index in [1.54, 1.807) is 0 Å². The van der Waals surface area contributed by atoms with Gasteiger partial charge in [-0.15, -0.1) is 0 Å². The van der Waals surface area contributed by atoms with Crippen molar-refractivity contribution in [3.05, 3.63) is 24.3 Å². The Morgan fingerprint density at radius 3 is 2.00 bits per heavy atom. The van der Waals surface area contributed by atoms with Crippen LogP contribution in [0.15, 0.2) is 24.3 Å². The van der Waals surface area contributed by atoms with Gasteiger partial charge in [-0.25, -0.2) is 0 Å². The van der Waals surface area contributed by atoms with Crippen molar-refractivity contribution in [2.24, 2.45) is 0 Å². The van der Waals surface area contributed by atoms with E-state index in [1.165, 1.54) is 51.4 Å². The van der Waals surface area contributed by atoms with E-state index in [0.29, 0.717) is 13.0 Å². The van der Waals surface area contributed by atoms with Crippen molar-refractivity contribution in [2.75, 3.05) is 6.61 Å². The topological polar surface area (TPSA) is 26.3 Å². The van der Waals surface area contributed by atoms with Crippen LogP contribution in [-0.4, -0.2) is 12.6 Å². The summed E-state index contributed by atoms with van der Waals surface area (Å²) in [6.07, 6.45) is 23.1. The van der Waals surface area contributed by atoms with Crippen molar-refractivity contribution in [3.8, 4) is 0 Å².